The molecule has 2 aliphatic rings. The van der Waals surface area contributed by atoms with Gasteiger partial charge in [-0.25, -0.2) is 0 Å². The molecule has 1 aromatic heterocycles. The average molecular weight is 561 g/mol. The van der Waals surface area contributed by atoms with Crippen molar-refractivity contribution in [2.45, 2.75) is 32.1 Å². The van der Waals surface area contributed by atoms with Crippen LogP contribution in [0.2, 0.25) is 0 Å². The maximum Gasteiger partial charge on any atom is 0.273 e. The number of benzene rings is 2. The quantitative estimate of drug-likeness (QED) is 0.309. The Morgan fingerprint density at radius 3 is 2.51 bits per heavy atom. The third-order valence-corrected chi connectivity index (χ3v) is 6.82. The zero-order chi connectivity index (χ0) is 31.4. The normalized spacial score (nSPS) is 16.1. The van der Waals surface area contributed by atoms with Gasteiger partial charge in [-0.3, -0.25) is 19.2 Å². The first-order valence-corrected chi connectivity index (χ1v) is 13.2. The van der Waals surface area contributed by atoms with E-state index in [9.17, 15) is 19.2 Å². The molecule has 0 unspecified atom stereocenters. The van der Waals surface area contributed by atoms with E-state index in [1.165, 1.54) is 13.2 Å². The van der Waals surface area contributed by atoms with Crippen LogP contribution in [0.5, 0.6) is 5.75 Å². The molecule has 1 saturated carbocycles. The molecule has 12 nitrogen and oxygen atoms in total. The fourth-order valence-electron chi connectivity index (χ4n) is 4.53. The molecule has 212 valence electrons. The van der Waals surface area contributed by atoms with E-state index >= 15 is 0 Å². The summed E-state index contributed by atoms with van der Waals surface area (Å²) in [5.74, 6) is -1.62. The van der Waals surface area contributed by atoms with Crippen molar-refractivity contribution in [3.63, 3.8) is 0 Å². The van der Waals surface area contributed by atoms with Crippen molar-refractivity contribution in [3.05, 3.63) is 59.8 Å². The van der Waals surface area contributed by atoms with E-state index in [0.717, 1.165) is 31.4 Å². The third-order valence-electron chi connectivity index (χ3n) is 6.82. The fourth-order valence-corrected chi connectivity index (χ4v) is 4.53. The van der Waals surface area contributed by atoms with Gasteiger partial charge in [0.15, 0.2) is 17.3 Å². The van der Waals surface area contributed by atoms with Crippen LogP contribution in [0, 0.1) is 5.92 Å². The molecule has 5 rings (SSSR count). The van der Waals surface area contributed by atoms with Crippen LogP contribution in [0.15, 0.2) is 48.5 Å². The molecule has 1 saturated heterocycles. The summed E-state index contributed by atoms with van der Waals surface area (Å²) in [7, 11) is 1.37. The van der Waals surface area contributed by atoms with E-state index in [1.54, 1.807) is 47.4 Å². The highest BCUT2D eigenvalue weighted by Crippen LogP contribution is 2.34. The Balaban J connectivity index is 1.39. The highest BCUT2D eigenvalue weighted by atomic mass is 16.5. The first-order chi connectivity index (χ1) is 21.0. The summed E-state index contributed by atoms with van der Waals surface area (Å²) < 4.78 is 27.7. The average Bonchev–Trinajstić information content (AvgIpc) is 3.83. The lowest BCUT2D eigenvalue weighted by Gasteiger charge is -2.26. The molecule has 1 aliphatic carbocycles. The highest BCUT2D eigenvalue weighted by molar-refractivity contribution is 6.08. The van der Waals surface area contributed by atoms with Gasteiger partial charge in [-0.1, -0.05) is 6.07 Å². The first kappa shape index (κ1) is 23.9. The Hall–Kier alpha value is -5.00. The highest BCUT2D eigenvalue weighted by Gasteiger charge is 2.30. The van der Waals surface area contributed by atoms with Crippen LogP contribution in [-0.4, -0.2) is 54.5 Å². The second-order valence-electron chi connectivity index (χ2n) is 9.72. The molecule has 0 bridgehead atoms. The summed E-state index contributed by atoms with van der Waals surface area (Å²) >= 11 is 0. The molecule has 4 amide bonds. The maximum absolute atomic E-state index is 13.3. The summed E-state index contributed by atoms with van der Waals surface area (Å²) in [6, 6.07) is 13.0. The summed E-state index contributed by atoms with van der Waals surface area (Å²) in [6.07, 6.45) is 3.85. The van der Waals surface area contributed by atoms with E-state index in [-0.39, 0.29) is 51.9 Å². The van der Waals surface area contributed by atoms with E-state index in [2.05, 4.69) is 26.1 Å². The fraction of sp³-hybridized carbons (Fsp3) is 0.310. The second-order valence-corrected chi connectivity index (χ2v) is 9.72. The summed E-state index contributed by atoms with van der Waals surface area (Å²) in [5.41, 5.74) is 1.34. The monoisotopic (exact) mass is 560 g/mol. The number of nitrogens with zero attached hydrogens (tertiary/aromatic N) is 3. The molecule has 2 aromatic carbocycles. The number of carbonyl (C=O) groups is 4. The predicted molar refractivity (Wildman–Crippen MR) is 154 cm³/mol. The molecule has 0 radical (unpaired) electrons. The topological polar surface area (TPSA) is 155 Å². The van der Waals surface area contributed by atoms with Crippen LogP contribution < -0.4 is 30.9 Å². The van der Waals surface area contributed by atoms with E-state index in [4.69, 9.17) is 8.85 Å². The molecule has 41 heavy (non-hydrogen) atoms. The lowest BCUT2D eigenvalue weighted by molar-refractivity contribution is -0.119. The summed E-state index contributed by atoms with van der Waals surface area (Å²) in [5, 5.41) is 18.1. The number of aromatic nitrogens is 2. The molecule has 0 atom stereocenters. The Morgan fingerprint density at radius 2 is 1.80 bits per heavy atom. The molecule has 1 aliphatic heterocycles. The number of amides is 4. The molecule has 12 heteroatoms. The van der Waals surface area contributed by atoms with Crippen LogP contribution in [0.4, 0.5) is 28.6 Å². The van der Waals surface area contributed by atoms with Gasteiger partial charge < -0.3 is 30.9 Å². The number of nitrogens with one attached hydrogen (secondary N) is 4. The standard InChI is InChI=1S/C29H31N7O5/c1-30-29(40)25-22(16-23(34-35-25)33-27(38)17-9-10-17)32-21-7-5-6-20(26(21)41-2)28(39)31-18-11-13-19(14-12-18)36-15-4-3-8-24(36)37/h5-7,11-14,16-17H,3-4,8-10,15H2,1-2H3,(H,30,40)(H,31,39)(H2,32,33,34,38)/i1D3. The van der Waals surface area contributed by atoms with Gasteiger partial charge in [0.1, 0.15) is 0 Å². The number of para-hydroxylation sites is 1. The largest absolute Gasteiger partial charge is 0.494 e. The van der Waals surface area contributed by atoms with Crippen molar-refractivity contribution >= 4 is 52.2 Å². The Bertz CT molecular complexity index is 1590. The van der Waals surface area contributed by atoms with Crippen LogP contribution >= 0.6 is 0 Å². The van der Waals surface area contributed by atoms with Crippen molar-refractivity contribution in [1.29, 1.82) is 0 Å². The minimum atomic E-state index is -2.79. The first-order valence-electron chi connectivity index (χ1n) is 14.7. The lowest BCUT2D eigenvalue weighted by Crippen LogP contribution is -2.35. The predicted octanol–water partition coefficient (Wildman–Crippen LogP) is 3.71. The zero-order valence-corrected chi connectivity index (χ0v) is 22.3. The molecular weight excluding hydrogens is 526 g/mol. The number of piperidine rings is 1. The molecule has 2 heterocycles. The number of anilines is 5. The number of hydrogen-bond acceptors (Lipinski definition) is 8. The van der Waals surface area contributed by atoms with Crippen LogP contribution in [-0.2, 0) is 9.59 Å². The van der Waals surface area contributed by atoms with E-state index in [1.807, 2.05) is 5.32 Å². The SMILES string of the molecule is [2H]C([2H])([2H])NC(=O)c1nnc(NC(=O)C2CC2)cc1Nc1cccc(C(=O)Nc2ccc(N3CCCCC3=O)cc2)c1OC. The minimum Gasteiger partial charge on any atom is -0.494 e. The maximum atomic E-state index is 13.3. The summed E-state index contributed by atoms with van der Waals surface area (Å²) in [6.45, 7) is -2.13. The number of ether oxygens (including phenoxy) is 1. The Labute approximate surface area is 241 Å². The van der Waals surface area contributed by atoms with Gasteiger partial charge >= 0.3 is 0 Å². The van der Waals surface area contributed by atoms with Gasteiger partial charge in [-0.2, -0.15) is 0 Å². The number of hydrogen-bond donors (Lipinski definition) is 4. The molecule has 2 fully saturated rings. The van der Waals surface area contributed by atoms with Crippen LogP contribution in [0.1, 0.15) is 57.1 Å². The van der Waals surface area contributed by atoms with Gasteiger partial charge in [0.2, 0.25) is 11.8 Å². The van der Waals surface area contributed by atoms with Gasteiger partial charge in [-0.15, -0.1) is 10.2 Å². The van der Waals surface area contributed by atoms with Crippen LogP contribution in [0.3, 0.4) is 0 Å². The van der Waals surface area contributed by atoms with Crippen molar-refractivity contribution < 1.29 is 28.0 Å². The van der Waals surface area contributed by atoms with E-state index < -0.39 is 18.8 Å². The van der Waals surface area contributed by atoms with Gasteiger partial charge in [0.05, 0.1) is 24.0 Å². The Morgan fingerprint density at radius 1 is 1.00 bits per heavy atom. The van der Waals surface area contributed by atoms with Gasteiger partial charge in [0.25, 0.3) is 11.8 Å². The number of methoxy groups -OCH3 is 1. The van der Waals surface area contributed by atoms with Crippen molar-refractivity contribution in [2.24, 2.45) is 5.92 Å². The number of rotatable bonds is 9. The third kappa shape index (κ3) is 6.26. The Kier molecular flexibility index (Phi) is 7.00. The molecular formula is C29H31N7O5. The molecule has 0 spiro atoms. The van der Waals surface area contributed by atoms with Gasteiger partial charge in [0, 0.05) is 47.4 Å². The van der Waals surface area contributed by atoms with Crippen LogP contribution in [0.25, 0.3) is 0 Å². The second kappa shape index (κ2) is 12.0. The number of carbonyl (C=O) groups excluding carboxylic acids is 4. The zero-order valence-electron chi connectivity index (χ0n) is 25.3. The van der Waals surface area contributed by atoms with Crippen molar-refractivity contribution in [3.8, 4) is 5.75 Å². The molecule has 3 aromatic rings. The molecule has 4 N–H and O–H groups in total. The smallest absolute Gasteiger partial charge is 0.273 e. The summed E-state index contributed by atoms with van der Waals surface area (Å²) in [4.78, 5) is 52.4. The van der Waals surface area contributed by atoms with E-state index in [0.29, 0.717) is 18.7 Å². The van der Waals surface area contributed by atoms with Crippen molar-refractivity contribution in [1.82, 2.24) is 15.5 Å². The lowest BCUT2D eigenvalue weighted by atomic mass is 10.1. The minimum absolute atomic E-state index is 0.0200. The van der Waals surface area contributed by atoms with Gasteiger partial charge in [-0.05, 0) is 62.1 Å². The van der Waals surface area contributed by atoms with Crippen molar-refractivity contribution in [2.75, 3.05) is 41.5 Å².